The molecule has 7 heteroatoms. The van der Waals surface area contributed by atoms with Gasteiger partial charge < -0.3 is 15.5 Å². The second-order valence-corrected chi connectivity index (χ2v) is 6.81. The first-order valence-electron chi connectivity index (χ1n) is 8.78. The van der Waals surface area contributed by atoms with E-state index in [9.17, 15) is 18.4 Å². The number of rotatable bonds is 4. The van der Waals surface area contributed by atoms with E-state index in [-0.39, 0.29) is 17.5 Å². The van der Waals surface area contributed by atoms with Gasteiger partial charge in [-0.2, -0.15) is 0 Å². The normalized spacial score (nSPS) is 14.0. The summed E-state index contributed by atoms with van der Waals surface area (Å²) < 4.78 is 26.7. The molecule has 2 N–H and O–H groups in total. The maximum Gasteiger partial charge on any atom is 0.319 e. The van der Waals surface area contributed by atoms with Crippen molar-refractivity contribution in [2.24, 2.45) is 5.92 Å². The predicted molar refractivity (Wildman–Crippen MR) is 99.6 cm³/mol. The van der Waals surface area contributed by atoms with Crippen LogP contribution < -0.4 is 15.5 Å². The molecule has 0 spiro atoms. The van der Waals surface area contributed by atoms with Crippen LogP contribution in [0.3, 0.4) is 0 Å². The monoisotopic (exact) mass is 373 g/mol. The molecule has 1 aliphatic rings. The molecule has 1 heterocycles. The number of urea groups is 1. The Hall–Kier alpha value is -2.96. The lowest BCUT2D eigenvalue weighted by Gasteiger charge is -2.27. The van der Waals surface area contributed by atoms with Gasteiger partial charge in [0.2, 0.25) is 5.91 Å². The predicted octanol–water partition coefficient (Wildman–Crippen LogP) is 3.70. The van der Waals surface area contributed by atoms with Crippen LogP contribution in [0.2, 0.25) is 0 Å². The number of halogens is 2. The third-order valence-electron chi connectivity index (χ3n) is 4.55. The van der Waals surface area contributed by atoms with Crippen molar-refractivity contribution in [3.8, 4) is 0 Å². The van der Waals surface area contributed by atoms with Crippen molar-refractivity contribution in [2.75, 3.05) is 16.8 Å². The van der Waals surface area contributed by atoms with Crippen molar-refractivity contribution in [1.29, 1.82) is 0 Å². The van der Waals surface area contributed by atoms with Gasteiger partial charge in [-0.25, -0.2) is 13.6 Å². The van der Waals surface area contributed by atoms with Crippen LogP contribution in [-0.4, -0.2) is 24.5 Å². The number of benzene rings is 2. The molecule has 1 aliphatic heterocycles. The summed E-state index contributed by atoms with van der Waals surface area (Å²) in [6, 6.07) is 9.01. The molecule has 0 aromatic heterocycles. The molecule has 3 rings (SSSR count). The van der Waals surface area contributed by atoms with Gasteiger partial charge in [0.25, 0.3) is 0 Å². The number of hydrogen-bond donors (Lipinski definition) is 2. The molecule has 0 radical (unpaired) electrons. The van der Waals surface area contributed by atoms with E-state index in [0.717, 1.165) is 29.8 Å². The minimum absolute atomic E-state index is 0.157. The lowest BCUT2D eigenvalue weighted by atomic mass is 10.0. The van der Waals surface area contributed by atoms with Gasteiger partial charge in [0.05, 0.1) is 5.69 Å². The molecular formula is C20H21F2N3O2. The lowest BCUT2D eigenvalue weighted by molar-refractivity contribution is -0.121. The summed E-state index contributed by atoms with van der Waals surface area (Å²) in [5.74, 6) is -2.01. The summed E-state index contributed by atoms with van der Waals surface area (Å²) in [4.78, 5) is 27.0. The Labute approximate surface area is 156 Å². The highest BCUT2D eigenvalue weighted by Gasteiger charge is 2.32. The zero-order valence-electron chi connectivity index (χ0n) is 15.1. The van der Waals surface area contributed by atoms with Crippen molar-refractivity contribution < 1.29 is 18.4 Å². The Kier molecular flexibility index (Phi) is 5.39. The SMILES string of the molecule is CC(C)C(NC(=O)Nc1ccc(F)cc1F)C(=O)N1CCc2ccccc21. The molecule has 3 amide bonds. The molecule has 0 saturated carbocycles. The Morgan fingerprint density at radius 2 is 1.85 bits per heavy atom. The lowest BCUT2D eigenvalue weighted by Crippen LogP contribution is -2.52. The van der Waals surface area contributed by atoms with Gasteiger partial charge in [0, 0.05) is 18.3 Å². The fraction of sp³-hybridized carbons (Fsp3) is 0.300. The molecule has 0 saturated heterocycles. The minimum Gasteiger partial charge on any atom is -0.326 e. The summed E-state index contributed by atoms with van der Waals surface area (Å²) in [7, 11) is 0. The zero-order chi connectivity index (χ0) is 19.6. The molecule has 2 aromatic carbocycles. The number of hydrogen-bond acceptors (Lipinski definition) is 2. The molecule has 1 unspecified atom stereocenters. The zero-order valence-corrected chi connectivity index (χ0v) is 15.1. The Morgan fingerprint density at radius 3 is 2.56 bits per heavy atom. The second-order valence-electron chi connectivity index (χ2n) is 6.81. The highest BCUT2D eigenvalue weighted by Crippen LogP contribution is 2.28. The summed E-state index contributed by atoms with van der Waals surface area (Å²) >= 11 is 0. The first-order valence-corrected chi connectivity index (χ1v) is 8.78. The van der Waals surface area contributed by atoms with E-state index in [2.05, 4.69) is 10.6 Å². The smallest absolute Gasteiger partial charge is 0.319 e. The molecule has 5 nitrogen and oxygen atoms in total. The van der Waals surface area contributed by atoms with Crippen molar-refractivity contribution in [2.45, 2.75) is 26.3 Å². The highest BCUT2D eigenvalue weighted by molar-refractivity contribution is 6.02. The van der Waals surface area contributed by atoms with Gasteiger partial charge >= 0.3 is 6.03 Å². The van der Waals surface area contributed by atoms with Gasteiger partial charge in [-0.15, -0.1) is 0 Å². The first kappa shape index (κ1) is 18.8. The van der Waals surface area contributed by atoms with Gasteiger partial charge in [0.1, 0.15) is 17.7 Å². The molecule has 0 aliphatic carbocycles. The van der Waals surface area contributed by atoms with E-state index in [1.54, 1.807) is 4.90 Å². The summed E-state index contributed by atoms with van der Waals surface area (Å²) in [5.41, 5.74) is 1.78. The van der Waals surface area contributed by atoms with Gasteiger partial charge in [0.15, 0.2) is 0 Å². The van der Waals surface area contributed by atoms with Crippen LogP contribution in [0.1, 0.15) is 19.4 Å². The molecular weight excluding hydrogens is 352 g/mol. The Morgan fingerprint density at radius 1 is 1.11 bits per heavy atom. The van der Waals surface area contributed by atoms with Gasteiger partial charge in [-0.3, -0.25) is 4.79 Å². The van der Waals surface area contributed by atoms with Crippen molar-refractivity contribution >= 4 is 23.3 Å². The molecule has 1 atom stereocenters. The standard InChI is InChI=1S/C20H21F2N3O2/c1-12(2)18(19(26)25-10-9-13-5-3-4-6-17(13)25)24-20(27)23-16-8-7-14(21)11-15(16)22/h3-8,11-12,18H,9-10H2,1-2H3,(H2,23,24,27). The third-order valence-corrected chi connectivity index (χ3v) is 4.55. The maximum absolute atomic E-state index is 13.7. The Balaban J connectivity index is 1.72. The summed E-state index contributed by atoms with van der Waals surface area (Å²) in [6.07, 6.45) is 0.764. The molecule has 142 valence electrons. The average molecular weight is 373 g/mol. The third kappa shape index (κ3) is 4.07. The van der Waals surface area contributed by atoms with Crippen molar-refractivity contribution in [3.63, 3.8) is 0 Å². The van der Waals surface area contributed by atoms with Gasteiger partial charge in [-0.1, -0.05) is 32.0 Å². The van der Waals surface area contributed by atoms with E-state index in [4.69, 9.17) is 0 Å². The number of nitrogens with one attached hydrogen (secondary N) is 2. The van der Waals surface area contributed by atoms with Gasteiger partial charge in [-0.05, 0) is 36.1 Å². The molecule has 2 aromatic rings. The van der Waals surface area contributed by atoms with Crippen molar-refractivity contribution in [3.05, 3.63) is 59.7 Å². The molecule has 27 heavy (non-hydrogen) atoms. The minimum atomic E-state index is -0.883. The first-order chi connectivity index (χ1) is 12.9. The number of amides is 3. The van der Waals surface area contributed by atoms with Crippen LogP contribution in [0.5, 0.6) is 0 Å². The average Bonchev–Trinajstić information content (AvgIpc) is 3.05. The maximum atomic E-state index is 13.7. The fourth-order valence-electron chi connectivity index (χ4n) is 3.14. The number of carbonyl (C=O) groups excluding carboxylic acids is 2. The summed E-state index contributed by atoms with van der Waals surface area (Å²) in [5, 5.41) is 4.94. The van der Waals surface area contributed by atoms with Crippen molar-refractivity contribution in [1.82, 2.24) is 5.32 Å². The van der Waals surface area contributed by atoms with E-state index >= 15 is 0 Å². The van der Waals surface area contributed by atoms with Crippen LogP contribution >= 0.6 is 0 Å². The molecule has 0 fully saturated rings. The fourth-order valence-corrected chi connectivity index (χ4v) is 3.14. The quantitative estimate of drug-likeness (QED) is 0.858. The molecule has 0 bridgehead atoms. The van der Waals surface area contributed by atoms with Crippen LogP contribution in [0.4, 0.5) is 25.0 Å². The van der Waals surface area contributed by atoms with Crippen LogP contribution in [0, 0.1) is 17.6 Å². The van der Waals surface area contributed by atoms with E-state index in [0.29, 0.717) is 12.6 Å². The van der Waals surface area contributed by atoms with E-state index in [1.165, 1.54) is 0 Å². The van der Waals surface area contributed by atoms with Crippen LogP contribution in [0.15, 0.2) is 42.5 Å². The largest absolute Gasteiger partial charge is 0.326 e. The summed E-state index contributed by atoms with van der Waals surface area (Å²) in [6.45, 7) is 4.20. The second kappa shape index (κ2) is 7.73. The topological polar surface area (TPSA) is 61.4 Å². The van der Waals surface area contributed by atoms with E-state index < -0.39 is 23.7 Å². The number of nitrogens with zero attached hydrogens (tertiary/aromatic N) is 1. The number of carbonyl (C=O) groups is 2. The number of fused-ring (bicyclic) bond motifs is 1. The highest BCUT2D eigenvalue weighted by atomic mass is 19.1. The van der Waals surface area contributed by atoms with Crippen LogP contribution in [-0.2, 0) is 11.2 Å². The number of para-hydroxylation sites is 1. The van der Waals surface area contributed by atoms with E-state index in [1.807, 2.05) is 38.1 Å². The number of anilines is 2. The Bertz CT molecular complexity index is 870. The van der Waals surface area contributed by atoms with Crippen LogP contribution in [0.25, 0.3) is 0 Å².